The lowest BCUT2D eigenvalue weighted by molar-refractivity contribution is -0.120. The van der Waals surface area contributed by atoms with Crippen molar-refractivity contribution < 1.29 is 13.2 Å². The highest BCUT2D eigenvalue weighted by Crippen LogP contribution is 2.28. The van der Waals surface area contributed by atoms with Crippen LogP contribution in [0.4, 0.5) is 11.5 Å². The van der Waals surface area contributed by atoms with Gasteiger partial charge < -0.3 is 10.2 Å². The zero-order valence-electron chi connectivity index (χ0n) is 20.1. The number of amides is 1. The maximum absolute atomic E-state index is 13.1. The molecule has 1 N–H and O–H groups in total. The summed E-state index contributed by atoms with van der Waals surface area (Å²) < 4.78 is 27.7. The van der Waals surface area contributed by atoms with E-state index in [1.165, 1.54) is 0 Å². The summed E-state index contributed by atoms with van der Waals surface area (Å²) in [5.41, 5.74) is 2.73. The fourth-order valence-electron chi connectivity index (χ4n) is 4.96. The molecule has 2 aliphatic heterocycles. The van der Waals surface area contributed by atoms with Gasteiger partial charge in [0.2, 0.25) is 15.9 Å². The Morgan fingerprint density at radius 3 is 2.49 bits per heavy atom. The lowest BCUT2D eigenvalue weighted by atomic mass is 9.97. The molecule has 1 aromatic heterocycles. The Morgan fingerprint density at radius 2 is 1.71 bits per heavy atom. The van der Waals surface area contributed by atoms with Crippen LogP contribution in [0.2, 0.25) is 0 Å². The van der Waals surface area contributed by atoms with E-state index in [0.717, 1.165) is 66.6 Å². The first-order chi connectivity index (χ1) is 16.9. The Kier molecular flexibility index (Phi) is 6.75. The Bertz CT molecular complexity index is 1320. The molecule has 1 atom stereocenters. The number of pyridine rings is 1. The average molecular weight is 493 g/mol. The van der Waals surface area contributed by atoms with Gasteiger partial charge in [-0.3, -0.25) is 4.79 Å². The third-order valence-corrected chi connectivity index (χ3v) is 8.93. The van der Waals surface area contributed by atoms with Gasteiger partial charge in [-0.1, -0.05) is 24.1 Å². The molecule has 0 saturated carbocycles. The number of aryl methyl sites for hydroxylation is 1. The molecule has 2 aliphatic rings. The van der Waals surface area contributed by atoms with Crippen molar-refractivity contribution in [2.45, 2.75) is 43.9 Å². The largest absolute Gasteiger partial charge is 0.356 e. The molecule has 0 spiro atoms. The van der Waals surface area contributed by atoms with Crippen molar-refractivity contribution in [1.82, 2.24) is 9.29 Å². The Morgan fingerprint density at radius 1 is 0.943 bits per heavy atom. The van der Waals surface area contributed by atoms with E-state index in [4.69, 9.17) is 4.98 Å². The number of fused-ring (bicyclic) bond motifs is 1. The van der Waals surface area contributed by atoms with Gasteiger partial charge in [-0.05, 0) is 75.1 Å². The molecule has 7 nitrogen and oxygen atoms in total. The van der Waals surface area contributed by atoms with Crippen LogP contribution in [0, 0.1) is 12.8 Å². The number of carbonyl (C=O) groups excluding carboxylic acids is 1. The molecule has 8 heteroatoms. The van der Waals surface area contributed by atoms with Crippen molar-refractivity contribution in [3.8, 4) is 0 Å². The lowest BCUT2D eigenvalue weighted by Crippen LogP contribution is -2.41. The number of hydrogen-bond acceptors (Lipinski definition) is 5. The molecule has 0 aliphatic carbocycles. The van der Waals surface area contributed by atoms with Crippen LogP contribution >= 0.6 is 0 Å². The minimum absolute atomic E-state index is 0.0342. The smallest absolute Gasteiger partial charge is 0.243 e. The summed E-state index contributed by atoms with van der Waals surface area (Å²) in [7, 11) is -3.48. The minimum atomic E-state index is -3.48. The highest BCUT2D eigenvalue weighted by Gasteiger charge is 2.28. The molecule has 2 fully saturated rings. The zero-order chi connectivity index (χ0) is 24.4. The van der Waals surface area contributed by atoms with Gasteiger partial charge in [-0.2, -0.15) is 4.31 Å². The van der Waals surface area contributed by atoms with E-state index >= 15 is 0 Å². The molecule has 0 bridgehead atoms. The maximum atomic E-state index is 13.1. The topological polar surface area (TPSA) is 82.6 Å². The SMILES string of the molecule is Cc1ccc(NC(=O)[C@H]2CCCN(c3ccc4cc(S(=O)(=O)N5CCCCC5)ccc4n3)C2)cc1. The van der Waals surface area contributed by atoms with Gasteiger partial charge in [-0.15, -0.1) is 0 Å². The number of carbonyl (C=O) groups is 1. The van der Waals surface area contributed by atoms with Crippen molar-refractivity contribution in [2.75, 3.05) is 36.4 Å². The van der Waals surface area contributed by atoms with Gasteiger partial charge in [0.25, 0.3) is 0 Å². The second-order valence-corrected chi connectivity index (χ2v) is 11.6. The van der Waals surface area contributed by atoms with E-state index < -0.39 is 10.0 Å². The van der Waals surface area contributed by atoms with E-state index in [2.05, 4.69) is 10.2 Å². The Labute approximate surface area is 207 Å². The number of benzene rings is 2. The van der Waals surface area contributed by atoms with E-state index in [-0.39, 0.29) is 11.8 Å². The summed E-state index contributed by atoms with van der Waals surface area (Å²) >= 11 is 0. The van der Waals surface area contributed by atoms with Crippen molar-refractivity contribution in [1.29, 1.82) is 0 Å². The van der Waals surface area contributed by atoms with Crippen LogP contribution < -0.4 is 10.2 Å². The molecule has 35 heavy (non-hydrogen) atoms. The molecule has 0 unspecified atom stereocenters. The van der Waals surface area contributed by atoms with E-state index in [0.29, 0.717) is 24.5 Å². The first kappa shape index (κ1) is 23.8. The maximum Gasteiger partial charge on any atom is 0.243 e. The summed E-state index contributed by atoms with van der Waals surface area (Å²) in [5.74, 6) is 0.739. The van der Waals surface area contributed by atoms with Gasteiger partial charge in [-0.25, -0.2) is 13.4 Å². The summed E-state index contributed by atoms with van der Waals surface area (Å²) in [5, 5.41) is 3.84. The summed E-state index contributed by atoms with van der Waals surface area (Å²) in [4.78, 5) is 20.2. The van der Waals surface area contributed by atoms with Gasteiger partial charge in [0.1, 0.15) is 5.82 Å². The van der Waals surface area contributed by atoms with Crippen molar-refractivity contribution >= 4 is 38.3 Å². The van der Waals surface area contributed by atoms with Gasteiger partial charge in [0.05, 0.1) is 16.3 Å². The van der Waals surface area contributed by atoms with Gasteiger partial charge in [0.15, 0.2) is 0 Å². The van der Waals surface area contributed by atoms with E-state index in [1.54, 1.807) is 22.5 Å². The molecule has 2 saturated heterocycles. The molecule has 0 radical (unpaired) electrons. The van der Waals surface area contributed by atoms with Crippen LogP contribution in [0.1, 0.15) is 37.7 Å². The molecule has 3 aromatic rings. The first-order valence-electron chi connectivity index (χ1n) is 12.4. The fourth-order valence-corrected chi connectivity index (χ4v) is 6.52. The number of rotatable bonds is 5. The molecule has 3 heterocycles. The number of aromatic nitrogens is 1. The van der Waals surface area contributed by atoms with Gasteiger partial charge >= 0.3 is 0 Å². The lowest BCUT2D eigenvalue weighted by Gasteiger charge is -2.33. The monoisotopic (exact) mass is 492 g/mol. The van der Waals surface area contributed by atoms with Crippen LogP contribution in [-0.2, 0) is 14.8 Å². The van der Waals surface area contributed by atoms with Crippen molar-refractivity contribution in [3.05, 3.63) is 60.2 Å². The molecule has 5 rings (SSSR count). The predicted octanol–water partition coefficient (Wildman–Crippen LogP) is 4.57. The van der Waals surface area contributed by atoms with E-state index in [1.807, 2.05) is 43.3 Å². The van der Waals surface area contributed by atoms with Crippen molar-refractivity contribution in [2.24, 2.45) is 5.92 Å². The molecular formula is C27H32N4O3S. The second-order valence-electron chi connectivity index (χ2n) is 9.63. The molecular weight excluding hydrogens is 460 g/mol. The highest BCUT2D eigenvalue weighted by atomic mass is 32.2. The van der Waals surface area contributed by atoms with Crippen LogP contribution in [0.3, 0.4) is 0 Å². The van der Waals surface area contributed by atoms with Crippen LogP contribution in [0.5, 0.6) is 0 Å². The predicted molar refractivity (Wildman–Crippen MR) is 139 cm³/mol. The molecule has 2 aromatic carbocycles. The minimum Gasteiger partial charge on any atom is -0.356 e. The van der Waals surface area contributed by atoms with Crippen molar-refractivity contribution in [3.63, 3.8) is 0 Å². The quantitative estimate of drug-likeness (QED) is 0.564. The number of piperidine rings is 2. The Balaban J connectivity index is 1.30. The highest BCUT2D eigenvalue weighted by molar-refractivity contribution is 7.89. The van der Waals surface area contributed by atoms with E-state index in [9.17, 15) is 13.2 Å². The zero-order valence-corrected chi connectivity index (χ0v) is 20.9. The first-order valence-corrected chi connectivity index (χ1v) is 13.9. The fraction of sp³-hybridized carbons (Fsp3) is 0.407. The van der Waals surface area contributed by atoms with Crippen LogP contribution in [0.15, 0.2) is 59.5 Å². The normalized spacial score (nSPS) is 19.6. The Hall–Kier alpha value is -2.97. The number of anilines is 2. The molecule has 184 valence electrons. The second kappa shape index (κ2) is 9.95. The molecule has 1 amide bonds. The van der Waals surface area contributed by atoms with Crippen LogP contribution in [-0.4, -0.2) is 49.8 Å². The third kappa shape index (κ3) is 5.18. The number of nitrogens with zero attached hydrogens (tertiary/aromatic N) is 3. The number of sulfonamides is 1. The summed E-state index contributed by atoms with van der Waals surface area (Å²) in [6.45, 7) is 4.65. The summed E-state index contributed by atoms with van der Waals surface area (Å²) in [6, 6.07) is 16.9. The third-order valence-electron chi connectivity index (χ3n) is 7.03. The van der Waals surface area contributed by atoms with Crippen LogP contribution in [0.25, 0.3) is 10.9 Å². The number of nitrogens with one attached hydrogen (secondary N) is 1. The standard InChI is InChI=1S/C27H32N4O3S/c1-20-7-10-23(11-8-20)28-27(32)22-6-5-15-30(19-22)26-14-9-21-18-24(12-13-25(21)29-26)35(33,34)31-16-3-2-4-17-31/h7-14,18,22H,2-6,15-17,19H2,1H3,(H,28,32)/t22-/m0/s1. The average Bonchev–Trinajstić information content (AvgIpc) is 2.90. The van der Waals surface area contributed by atoms with Gasteiger partial charge in [0, 0.05) is 37.3 Å². The number of hydrogen-bond donors (Lipinski definition) is 1. The summed E-state index contributed by atoms with van der Waals surface area (Å²) in [6.07, 6.45) is 4.68.